The van der Waals surface area contributed by atoms with Gasteiger partial charge in [0, 0.05) is 5.02 Å². The Morgan fingerprint density at radius 3 is 2.86 bits per heavy atom. The minimum Gasteiger partial charge on any atom is -0.491 e. The summed E-state index contributed by atoms with van der Waals surface area (Å²) in [4.78, 5) is 11.7. The first-order valence-electron chi connectivity index (χ1n) is 6.62. The molecule has 5 nitrogen and oxygen atoms in total. The van der Waals surface area contributed by atoms with E-state index < -0.39 is 6.10 Å². The molecule has 7 heteroatoms. The van der Waals surface area contributed by atoms with Crippen LogP contribution in [0.15, 0.2) is 41.0 Å². The molecule has 1 aromatic heterocycles. The van der Waals surface area contributed by atoms with Gasteiger partial charge in [-0.2, -0.15) is 0 Å². The molecular weight excluding hydrogens is 329 g/mol. The van der Waals surface area contributed by atoms with Crippen molar-refractivity contribution in [3.05, 3.63) is 52.4 Å². The molecule has 22 heavy (non-hydrogen) atoms. The van der Waals surface area contributed by atoms with E-state index in [1.165, 1.54) is 6.26 Å². The molecular formula is C15H15Cl2NO4. The summed E-state index contributed by atoms with van der Waals surface area (Å²) < 4.78 is 10.4. The fourth-order valence-corrected chi connectivity index (χ4v) is 2.19. The van der Waals surface area contributed by atoms with Gasteiger partial charge < -0.3 is 19.6 Å². The number of ether oxygens (including phenoxy) is 1. The number of nitrogens with one attached hydrogen (secondary N) is 1. The zero-order chi connectivity index (χ0) is 15.9. The normalized spacial score (nSPS) is 12.0. The van der Waals surface area contributed by atoms with Gasteiger partial charge in [-0.25, -0.2) is 0 Å². The van der Waals surface area contributed by atoms with Gasteiger partial charge in [0.2, 0.25) is 5.91 Å². The summed E-state index contributed by atoms with van der Waals surface area (Å²) >= 11 is 11.7. The third-order valence-electron chi connectivity index (χ3n) is 2.84. The highest BCUT2D eigenvalue weighted by Gasteiger charge is 2.12. The number of aliphatic hydroxyl groups is 1. The largest absolute Gasteiger partial charge is 0.491 e. The number of carbonyl (C=O) groups is 1. The van der Waals surface area contributed by atoms with Crippen molar-refractivity contribution in [3.8, 4) is 5.75 Å². The van der Waals surface area contributed by atoms with E-state index in [4.69, 9.17) is 32.4 Å². The molecule has 0 aliphatic carbocycles. The number of rotatable bonds is 7. The van der Waals surface area contributed by atoms with E-state index in [2.05, 4.69) is 5.32 Å². The molecule has 1 unspecified atom stereocenters. The second-order valence-electron chi connectivity index (χ2n) is 4.51. The molecule has 2 N–H and O–H groups in total. The lowest BCUT2D eigenvalue weighted by Gasteiger charge is -2.11. The van der Waals surface area contributed by atoms with Crippen LogP contribution in [0.2, 0.25) is 10.0 Å². The van der Waals surface area contributed by atoms with E-state index in [1.54, 1.807) is 30.3 Å². The van der Waals surface area contributed by atoms with Gasteiger partial charge >= 0.3 is 0 Å². The number of carbonyl (C=O) groups excluding carboxylic acids is 1. The Balaban J connectivity index is 1.69. The van der Waals surface area contributed by atoms with Crippen molar-refractivity contribution in [1.29, 1.82) is 0 Å². The van der Waals surface area contributed by atoms with E-state index >= 15 is 0 Å². The molecule has 1 atom stereocenters. The number of amides is 1. The molecule has 0 saturated carbocycles. The Labute approximate surface area is 137 Å². The molecule has 0 radical (unpaired) electrons. The van der Waals surface area contributed by atoms with Crippen LogP contribution in [-0.4, -0.2) is 24.2 Å². The van der Waals surface area contributed by atoms with Gasteiger partial charge in [0.15, 0.2) is 0 Å². The molecule has 118 valence electrons. The van der Waals surface area contributed by atoms with E-state index in [0.29, 0.717) is 21.6 Å². The van der Waals surface area contributed by atoms with Gasteiger partial charge in [-0.1, -0.05) is 23.2 Å². The molecule has 0 spiro atoms. The lowest BCUT2D eigenvalue weighted by molar-refractivity contribution is -0.122. The first-order chi connectivity index (χ1) is 10.6. The molecule has 2 aromatic rings. The molecule has 0 aliphatic heterocycles. The van der Waals surface area contributed by atoms with E-state index in [1.807, 2.05) is 0 Å². The quantitative estimate of drug-likeness (QED) is 0.809. The Kier molecular flexibility index (Phi) is 6.12. The van der Waals surface area contributed by atoms with Crippen LogP contribution in [0.3, 0.4) is 0 Å². The topological polar surface area (TPSA) is 71.7 Å². The Bertz CT molecular complexity index is 616. The summed E-state index contributed by atoms with van der Waals surface area (Å²) in [5.41, 5.74) is 0. The number of furan rings is 1. The van der Waals surface area contributed by atoms with Crippen molar-refractivity contribution in [1.82, 2.24) is 5.32 Å². The van der Waals surface area contributed by atoms with Crippen LogP contribution in [0.4, 0.5) is 0 Å². The van der Waals surface area contributed by atoms with Gasteiger partial charge in [0.1, 0.15) is 17.6 Å². The van der Waals surface area contributed by atoms with E-state index in [9.17, 15) is 9.90 Å². The van der Waals surface area contributed by atoms with Crippen molar-refractivity contribution in [2.24, 2.45) is 0 Å². The molecule has 1 heterocycles. The summed E-state index contributed by atoms with van der Waals surface area (Å²) in [5.74, 6) is 0.634. The monoisotopic (exact) mass is 343 g/mol. The van der Waals surface area contributed by atoms with Crippen molar-refractivity contribution in [2.75, 3.05) is 13.2 Å². The molecule has 0 bridgehead atoms. The second-order valence-corrected chi connectivity index (χ2v) is 5.35. The second kappa shape index (κ2) is 8.08. The number of benzene rings is 1. The van der Waals surface area contributed by atoms with Crippen LogP contribution in [0, 0.1) is 0 Å². The highest BCUT2D eigenvalue weighted by Crippen LogP contribution is 2.27. The first kappa shape index (κ1) is 16.7. The number of halogens is 2. The van der Waals surface area contributed by atoms with Gasteiger partial charge in [0.05, 0.1) is 30.9 Å². The van der Waals surface area contributed by atoms with Crippen LogP contribution in [0.1, 0.15) is 18.3 Å². The summed E-state index contributed by atoms with van der Waals surface area (Å²) in [6, 6.07) is 8.18. The molecule has 1 aromatic carbocycles. The zero-order valence-electron chi connectivity index (χ0n) is 11.6. The first-order valence-corrected chi connectivity index (χ1v) is 7.38. The lowest BCUT2D eigenvalue weighted by Crippen LogP contribution is -2.29. The Morgan fingerprint density at radius 2 is 2.18 bits per heavy atom. The zero-order valence-corrected chi connectivity index (χ0v) is 13.1. The Hall–Kier alpha value is -1.69. The fourth-order valence-electron chi connectivity index (χ4n) is 1.73. The van der Waals surface area contributed by atoms with Crippen molar-refractivity contribution in [3.63, 3.8) is 0 Å². The summed E-state index contributed by atoms with van der Waals surface area (Å²) in [7, 11) is 0. The SMILES string of the molecule is O=C(CCOc1ccc(Cl)cc1Cl)NCC(O)c1ccco1. The predicted molar refractivity (Wildman–Crippen MR) is 83.3 cm³/mol. The molecule has 2 rings (SSSR count). The van der Waals surface area contributed by atoms with Gasteiger partial charge in [-0.15, -0.1) is 0 Å². The minimum atomic E-state index is -0.870. The van der Waals surface area contributed by atoms with E-state index in [-0.39, 0.29) is 25.5 Å². The number of aliphatic hydroxyl groups excluding tert-OH is 1. The van der Waals surface area contributed by atoms with Gasteiger partial charge in [0.25, 0.3) is 0 Å². The molecule has 0 aliphatic rings. The average molecular weight is 344 g/mol. The highest BCUT2D eigenvalue weighted by molar-refractivity contribution is 6.35. The van der Waals surface area contributed by atoms with Gasteiger partial charge in [-0.3, -0.25) is 4.79 Å². The predicted octanol–water partition coefficient (Wildman–Crippen LogP) is 3.21. The molecule has 0 saturated heterocycles. The summed E-state index contributed by atoms with van der Waals surface area (Å²) in [6.07, 6.45) is 0.735. The third kappa shape index (κ3) is 4.94. The maximum absolute atomic E-state index is 11.7. The third-order valence-corrected chi connectivity index (χ3v) is 3.38. The molecule has 1 amide bonds. The maximum atomic E-state index is 11.7. The minimum absolute atomic E-state index is 0.0774. The van der Waals surface area contributed by atoms with Crippen molar-refractivity contribution >= 4 is 29.1 Å². The number of hydrogen-bond donors (Lipinski definition) is 2. The summed E-state index contributed by atoms with van der Waals surface area (Å²) in [5, 5.41) is 13.3. The van der Waals surface area contributed by atoms with Crippen LogP contribution >= 0.6 is 23.2 Å². The van der Waals surface area contributed by atoms with Crippen LogP contribution in [-0.2, 0) is 4.79 Å². The standard InChI is InChI=1S/C15H15Cl2NO4/c16-10-3-4-13(11(17)8-10)22-7-5-15(20)18-9-12(19)14-2-1-6-21-14/h1-4,6,8,12,19H,5,7,9H2,(H,18,20). The van der Waals surface area contributed by atoms with Crippen molar-refractivity contribution in [2.45, 2.75) is 12.5 Å². The Morgan fingerprint density at radius 1 is 1.36 bits per heavy atom. The number of hydrogen-bond acceptors (Lipinski definition) is 4. The van der Waals surface area contributed by atoms with Crippen molar-refractivity contribution < 1.29 is 19.1 Å². The van der Waals surface area contributed by atoms with Gasteiger partial charge in [-0.05, 0) is 30.3 Å². The smallest absolute Gasteiger partial charge is 0.223 e. The fraction of sp³-hybridized carbons (Fsp3) is 0.267. The van der Waals surface area contributed by atoms with Crippen LogP contribution in [0.25, 0.3) is 0 Å². The van der Waals surface area contributed by atoms with Crippen LogP contribution in [0.5, 0.6) is 5.75 Å². The van der Waals surface area contributed by atoms with E-state index in [0.717, 1.165) is 0 Å². The highest BCUT2D eigenvalue weighted by atomic mass is 35.5. The maximum Gasteiger partial charge on any atom is 0.223 e. The van der Waals surface area contributed by atoms with Crippen LogP contribution < -0.4 is 10.1 Å². The lowest BCUT2D eigenvalue weighted by atomic mass is 10.2. The average Bonchev–Trinajstić information content (AvgIpc) is 3.01. The summed E-state index contributed by atoms with van der Waals surface area (Å²) in [6.45, 7) is 0.248. The molecule has 0 fully saturated rings.